The summed E-state index contributed by atoms with van der Waals surface area (Å²) in [5.74, 6) is 0.922. The van der Waals surface area contributed by atoms with Crippen molar-refractivity contribution in [2.24, 2.45) is 0 Å². The van der Waals surface area contributed by atoms with Gasteiger partial charge in [-0.3, -0.25) is 4.79 Å². The van der Waals surface area contributed by atoms with Gasteiger partial charge in [0.25, 0.3) is 5.91 Å². The van der Waals surface area contributed by atoms with E-state index in [-0.39, 0.29) is 11.7 Å². The number of piperazine rings is 1. The van der Waals surface area contributed by atoms with Crippen molar-refractivity contribution in [2.75, 3.05) is 36.8 Å². The molecule has 0 radical (unpaired) electrons. The minimum absolute atomic E-state index is 0.0328. The quantitative estimate of drug-likeness (QED) is 0.844. The summed E-state index contributed by atoms with van der Waals surface area (Å²) in [6.45, 7) is 2.52. The average molecular weight is 397 g/mol. The van der Waals surface area contributed by atoms with Crippen LogP contribution in [0.25, 0.3) is 0 Å². The minimum atomic E-state index is 0.0328. The van der Waals surface area contributed by atoms with Gasteiger partial charge in [0.2, 0.25) is 0 Å². The fourth-order valence-corrected chi connectivity index (χ4v) is 2.97. The van der Waals surface area contributed by atoms with Gasteiger partial charge in [-0.15, -0.1) is 0 Å². The number of nitrogens with zero attached hydrogens (tertiary/aromatic N) is 4. The first kappa shape index (κ1) is 16.0. The first-order chi connectivity index (χ1) is 11.1. The Balaban J connectivity index is 1.67. The van der Waals surface area contributed by atoms with Gasteiger partial charge in [-0.25, -0.2) is 9.97 Å². The van der Waals surface area contributed by atoms with E-state index in [0.29, 0.717) is 42.6 Å². The van der Waals surface area contributed by atoms with Gasteiger partial charge in [0, 0.05) is 36.2 Å². The molecule has 0 bridgehead atoms. The third-order valence-corrected chi connectivity index (χ3v) is 4.65. The van der Waals surface area contributed by atoms with E-state index in [1.807, 2.05) is 34.1 Å². The van der Waals surface area contributed by atoms with Gasteiger partial charge < -0.3 is 15.5 Å². The predicted octanol–water partition coefficient (Wildman–Crippen LogP) is 2.44. The molecule has 8 heteroatoms. The van der Waals surface area contributed by atoms with Gasteiger partial charge in [-0.05, 0) is 24.3 Å². The van der Waals surface area contributed by atoms with Gasteiger partial charge in [0.15, 0.2) is 5.82 Å². The lowest BCUT2D eigenvalue weighted by atomic mass is 10.2. The molecule has 1 aromatic heterocycles. The number of aromatic nitrogens is 2. The number of hydrogen-bond acceptors (Lipinski definition) is 5. The molecule has 1 fully saturated rings. The number of benzene rings is 1. The maximum Gasteiger partial charge on any atom is 0.253 e. The molecule has 6 nitrogen and oxygen atoms in total. The van der Waals surface area contributed by atoms with Gasteiger partial charge in [-0.1, -0.05) is 27.5 Å². The highest BCUT2D eigenvalue weighted by Gasteiger charge is 2.24. The summed E-state index contributed by atoms with van der Waals surface area (Å²) in [5, 5.41) is 0.361. The van der Waals surface area contributed by atoms with Crippen molar-refractivity contribution in [1.82, 2.24) is 14.9 Å². The second-order valence-corrected chi connectivity index (χ2v) is 6.48. The lowest BCUT2D eigenvalue weighted by molar-refractivity contribution is 0.0746. The zero-order valence-electron chi connectivity index (χ0n) is 12.2. The Labute approximate surface area is 147 Å². The van der Waals surface area contributed by atoms with Crippen LogP contribution in [0.5, 0.6) is 0 Å². The van der Waals surface area contributed by atoms with Gasteiger partial charge in [0.05, 0.1) is 0 Å². The Kier molecular flexibility index (Phi) is 4.68. The first-order valence-electron chi connectivity index (χ1n) is 7.12. The Morgan fingerprint density at radius 1 is 1.13 bits per heavy atom. The molecule has 3 rings (SSSR count). The molecule has 2 heterocycles. The molecular weight excluding hydrogens is 382 g/mol. The Bertz CT molecular complexity index is 716. The van der Waals surface area contributed by atoms with Gasteiger partial charge >= 0.3 is 0 Å². The van der Waals surface area contributed by atoms with Gasteiger partial charge in [0.1, 0.15) is 17.2 Å². The fraction of sp³-hybridized carbons (Fsp3) is 0.267. The molecule has 1 saturated heterocycles. The van der Waals surface area contributed by atoms with E-state index >= 15 is 0 Å². The van der Waals surface area contributed by atoms with Crippen LogP contribution >= 0.6 is 27.5 Å². The zero-order valence-corrected chi connectivity index (χ0v) is 14.6. The van der Waals surface area contributed by atoms with Crippen LogP contribution < -0.4 is 10.6 Å². The lowest BCUT2D eigenvalue weighted by Crippen LogP contribution is -2.49. The number of nitrogen functional groups attached to an aromatic ring is 1. The number of hydrogen-bond donors (Lipinski definition) is 1. The molecule has 0 atom stereocenters. The topological polar surface area (TPSA) is 75.3 Å². The first-order valence-corrected chi connectivity index (χ1v) is 8.29. The van der Waals surface area contributed by atoms with Crippen molar-refractivity contribution in [3.8, 4) is 0 Å². The second kappa shape index (κ2) is 6.72. The van der Waals surface area contributed by atoms with Crippen LogP contribution in [-0.4, -0.2) is 47.0 Å². The van der Waals surface area contributed by atoms with Crippen molar-refractivity contribution in [3.63, 3.8) is 0 Å². The summed E-state index contributed by atoms with van der Waals surface area (Å²) in [5.41, 5.74) is 6.40. The molecule has 2 N–H and O–H groups in total. The molecular formula is C15H15BrClN5O. The highest BCUT2D eigenvalue weighted by atomic mass is 79.9. The van der Waals surface area contributed by atoms with Crippen LogP contribution in [0.1, 0.15) is 10.4 Å². The smallest absolute Gasteiger partial charge is 0.253 e. The normalized spacial score (nSPS) is 14.9. The molecule has 0 unspecified atom stereocenters. The summed E-state index contributed by atoms with van der Waals surface area (Å²) >= 11 is 9.53. The second-order valence-electron chi connectivity index (χ2n) is 5.18. The minimum Gasteiger partial charge on any atom is -0.382 e. The molecule has 1 aliphatic rings. The van der Waals surface area contributed by atoms with E-state index in [2.05, 4.69) is 25.9 Å². The maximum absolute atomic E-state index is 12.5. The number of carbonyl (C=O) groups is 1. The molecule has 23 heavy (non-hydrogen) atoms. The number of halogens is 2. The molecule has 0 saturated carbocycles. The SMILES string of the molecule is Nc1ncnc(N2CCN(C(=O)c3ccc(Br)cc3)CC2)c1Cl. The van der Waals surface area contributed by atoms with E-state index in [0.717, 1.165) is 4.47 Å². The van der Waals surface area contributed by atoms with E-state index in [4.69, 9.17) is 17.3 Å². The summed E-state index contributed by atoms with van der Waals surface area (Å²) < 4.78 is 0.954. The molecule has 1 aromatic carbocycles. The number of nitrogens with two attached hydrogens (primary N) is 1. The number of carbonyl (C=O) groups excluding carboxylic acids is 1. The molecule has 0 spiro atoms. The summed E-state index contributed by atoms with van der Waals surface area (Å²) in [6, 6.07) is 7.38. The van der Waals surface area contributed by atoms with Crippen LogP contribution in [0.15, 0.2) is 35.1 Å². The Hall–Kier alpha value is -1.86. The number of anilines is 2. The number of rotatable bonds is 2. The van der Waals surface area contributed by atoms with Crippen molar-refractivity contribution >= 4 is 45.1 Å². The van der Waals surface area contributed by atoms with Crippen LogP contribution in [-0.2, 0) is 0 Å². The van der Waals surface area contributed by atoms with Crippen LogP contribution in [0.2, 0.25) is 5.02 Å². The van der Waals surface area contributed by atoms with Crippen molar-refractivity contribution in [1.29, 1.82) is 0 Å². The highest BCUT2D eigenvalue weighted by Crippen LogP contribution is 2.27. The monoisotopic (exact) mass is 395 g/mol. The standard InChI is InChI=1S/C15H15BrClN5O/c16-11-3-1-10(2-4-11)15(23)22-7-5-21(6-8-22)14-12(17)13(18)19-9-20-14/h1-4,9H,5-8H2,(H2,18,19,20). The highest BCUT2D eigenvalue weighted by molar-refractivity contribution is 9.10. The van der Waals surface area contributed by atoms with Crippen LogP contribution in [0, 0.1) is 0 Å². The van der Waals surface area contributed by atoms with E-state index in [1.54, 1.807) is 0 Å². The Morgan fingerprint density at radius 2 is 1.78 bits per heavy atom. The molecule has 1 aliphatic heterocycles. The molecule has 1 amide bonds. The van der Waals surface area contributed by atoms with Crippen LogP contribution in [0.3, 0.4) is 0 Å². The summed E-state index contributed by atoms with van der Waals surface area (Å²) in [6.07, 6.45) is 1.40. The summed E-state index contributed by atoms with van der Waals surface area (Å²) in [4.78, 5) is 24.4. The van der Waals surface area contributed by atoms with E-state index in [9.17, 15) is 4.79 Å². The predicted molar refractivity (Wildman–Crippen MR) is 93.7 cm³/mol. The zero-order chi connectivity index (χ0) is 16.4. The van der Waals surface area contributed by atoms with Gasteiger partial charge in [-0.2, -0.15) is 0 Å². The summed E-state index contributed by atoms with van der Waals surface area (Å²) in [7, 11) is 0. The number of amides is 1. The third kappa shape index (κ3) is 3.40. The van der Waals surface area contributed by atoms with Crippen LogP contribution in [0.4, 0.5) is 11.6 Å². The molecule has 2 aromatic rings. The molecule has 120 valence electrons. The fourth-order valence-electron chi connectivity index (χ4n) is 2.49. The largest absolute Gasteiger partial charge is 0.382 e. The van der Waals surface area contributed by atoms with Crippen molar-refractivity contribution in [3.05, 3.63) is 45.7 Å². The van der Waals surface area contributed by atoms with Crippen molar-refractivity contribution in [2.45, 2.75) is 0 Å². The average Bonchev–Trinajstić information content (AvgIpc) is 2.58. The third-order valence-electron chi connectivity index (χ3n) is 3.76. The van der Waals surface area contributed by atoms with E-state index in [1.165, 1.54) is 6.33 Å². The van der Waals surface area contributed by atoms with Crippen molar-refractivity contribution < 1.29 is 4.79 Å². The van der Waals surface area contributed by atoms with E-state index < -0.39 is 0 Å². The molecule has 0 aliphatic carbocycles. The lowest BCUT2D eigenvalue weighted by Gasteiger charge is -2.35. The maximum atomic E-state index is 12.5. The Morgan fingerprint density at radius 3 is 2.43 bits per heavy atom.